The number of rotatable bonds is 13. The lowest BCUT2D eigenvalue weighted by molar-refractivity contribution is -0.130. The van der Waals surface area contributed by atoms with E-state index in [2.05, 4.69) is 22.8 Å². The summed E-state index contributed by atoms with van der Waals surface area (Å²) in [5.41, 5.74) is 12.7. The summed E-state index contributed by atoms with van der Waals surface area (Å²) >= 11 is 1.77. The Bertz CT molecular complexity index is 807. The van der Waals surface area contributed by atoms with E-state index < -0.39 is 12.1 Å². The highest BCUT2D eigenvalue weighted by molar-refractivity contribution is 7.11. The predicted molar refractivity (Wildman–Crippen MR) is 128 cm³/mol. The highest BCUT2D eigenvalue weighted by Crippen LogP contribution is 2.18. The van der Waals surface area contributed by atoms with Gasteiger partial charge >= 0.3 is 0 Å². The van der Waals surface area contributed by atoms with Crippen LogP contribution in [0.4, 0.5) is 0 Å². The van der Waals surface area contributed by atoms with Crippen molar-refractivity contribution in [3.8, 4) is 0 Å². The maximum absolute atomic E-state index is 12.8. The van der Waals surface area contributed by atoms with Gasteiger partial charge in [-0.15, -0.1) is 11.3 Å². The lowest BCUT2D eigenvalue weighted by Crippen LogP contribution is -2.52. The number of carbonyl (C=O) groups is 2. The number of thiophene rings is 1. The molecule has 0 saturated carbocycles. The monoisotopic (exact) mass is 444 g/mol. The Morgan fingerprint density at radius 1 is 1.00 bits per heavy atom. The molecule has 0 unspecified atom stereocenters. The third kappa shape index (κ3) is 9.21. The van der Waals surface area contributed by atoms with Gasteiger partial charge in [0.2, 0.25) is 11.8 Å². The zero-order valence-electron chi connectivity index (χ0n) is 18.6. The van der Waals surface area contributed by atoms with Gasteiger partial charge in [0.25, 0.3) is 0 Å². The van der Waals surface area contributed by atoms with E-state index in [1.54, 1.807) is 11.3 Å². The van der Waals surface area contributed by atoms with E-state index in [0.29, 0.717) is 25.9 Å². The highest BCUT2D eigenvalue weighted by Gasteiger charge is 2.24. The van der Waals surface area contributed by atoms with Gasteiger partial charge in [-0.05, 0) is 62.3 Å². The lowest BCUT2D eigenvalue weighted by atomic mass is 10.0. The van der Waals surface area contributed by atoms with E-state index in [1.165, 1.54) is 9.75 Å². The Kier molecular flexibility index (Phi) is 10.7. The standard InChI is InChI=1S/C24H36N4O2S/c1-17(2)15-22(28-23(29)21(26)16-18-7-4-3-5-8-18)24(30)27-14-12-20-11-10-19(31-20)9-6-13-25/h3-5,7-8,10-11,17,21-22H,6,9,12-16,25-26H2,1-2H3,(H,27,30)(H,28,29)/t21-,22-/m0/s1. The van der Waals surface area contributed by atoms with Crippen molar-refractivity contribution in [3.05, 3.63) is 57.8 Å². The maximum Gasteiger partial charge on any atom is 0.242 e. The molecule has 6 N–H and O–H groups in total. The smallest absolute Gasteiger partial charge is 0.242 e. The molecule has 0 aliphatic heterocycles. The summed E-state index contributed by atoms with van der Waals surface area (Å²) in [4.78, 5) is 27.9. The molecule has 2 amide bonds. The van der Waals surface area contributed by atoms with Crippen molar-refractivity contribution in [2.45, 2.75) is 58.0 Å². The first-order valence-corrected chi connectivity index (χ1v) is 11.9. The highest BCUT2D eigenvalue weighted by atomic mass is 32.1. The zero-order valence-corrected chi connectivity index (χ0v) is 19.4. The van der Waals surface area contributed by atoms with Crippen molar-refractivity contribution in [1.82, 2.24) is 10.6 Å². The first-order chi connectivity index (χ1) is 14.9. The van der Waals surface area contributed by atoms with Gasteiger partial charge in [-0.3, -0.25) is 9.59 Å². The van der Waals surface area contributed by atoms with Crippen LogP contribution in [-0.4, -0.2) is 37.0 Å². The first-order valence-electron chi connectivity index (χ1n) is 11.0. The quantitative estimate of drug-likeness (QED) is 0.380. The van der Waals surface area contributed by atoms with Gasteiger partial charge in [-0.25, -0.2) is 0 Å². The van der Waals surface area contributed by atoms with Crippen LogP contribution in [0, 0.1) is 5.92 Å². The van der Waals surface area contributed by atoms with Crippen LogP contribution < -0.4 is 22.1 Å². The van der Waals surface area contributed by atoms with E-state index in [9.17, 15) is 9.59 Å². The molecule has 6 nitrogen and oxygen atoms in total. The molecule has 0 aliphatic rings. The Balaban J connectivity index is 1.84. The minimum absolute atomic E-state index is 0.158. The molecule has 2 rings (SSSR count). The molecule has 0 spiro atoms. The van der Waals surface area contributed by atoms with Crippen LogP contribution >= 0.6 is 11.3 Å². The molecule has 170 valence electrons. The third-order valence-electron chi connectivity index (χ3n) is 4.99. The van der Waals surface area contributed by atoms with Crippen molar-refractivity contribution in [2.75, 3.05) is 13.1 Å². The van der Waals surface area contributed by atoms with Crippen LogP contribution in [0.5, 0.6) is 0 Å². The summed E-state index contributed by atoms with van der Waals surface area (Å²) in [6, 6.07) is 12.6. The second-order valence-electron chi connectivity index (χ2n) is 8.29. The molecule has 1 aromatic carbocycles. The van der Waals surface area contributed by atoms with E-state index in [4.69, 9.17) is 11.5 Å². The van der Waals surface area contributed by atoms with Crippen molar-refractivity contribution in [2.24, 2.45) is 17.4 Å². The topological polar surface area (TPSA) is 110 Å². The Hall–Kier alpha value is -2.22. The van der Waals surface area contributed by atoms with Gasteiger partial charge in [0, 0.05) is 16.3 Å². The molecular weight excluding hydrogens is 408 g/mol. The number of hydrogen-bond acceptors (Lipinski definition) is 5. The van der Waals surface area contributed by atoms with Crippen LogP contribution in [0.15, 0.2) is 42.5 Å². The molecule has 0 bridgehead atoms. The molecule has 0 saturated heterocycles. The number of nitrogens with two attached hydrogens (primary N) is 2. The van der Waals surface area contributed by atoms with Crippen molar-refractivity contribution in [1.29, 1.82) is 0 Å². The Morgan fingerprint density at radius 2 is 1.68 bits per heavy atom. The summed E-state index contributed by atoms with van der Waals surface area (Å²) in [5.74, 6) is -0.190. The Labute approximate surface area is 189 Å². The van der Waals surface area contributed by atoms with Gasteiger partial charge in [0.05, 0.1) is 6.04 Å². The summed E-state index contributed by atoms with van der Waals surface area (Å²) in [5, 5.41) is 5.83. The molecule has 7 heteroatoms. The second-order valence-corrected chi connectivity index (χ2v) is 9.54. The molecular formula is C24H36N4O2S. The fourth-order valence-corrected chi connectivity index (χ4v) is 4.40. The van der Waals surface area contributed by atoms with Crippen LogP contribution in [0.1, 0.15) is 42.0 Å². The van der Waals surface area contributed by atoms with E-state index in [1.807, 2.05) is 44.2 Å². The average Bonchev–Trinajstić information content (AvgIpc) is 3.19. The van der Waals surface area contributed by atoms with Crippen molar-refractivity contribution in [3.63, 3.8) is 0 Å². The van der Waals surface area contributed by atoms with E-state index >= 15 is 0 Å². The zero-order chi connectivity index (χ0) is 22.6. The van der Waals surface area contributed by atoms with Gasteiger partial charge in [-0.1, -0.05) is 44.2 Å². The minimum Gasteiger partial charge on any atom is -0.354 e. The molecule has 0 aliphatic carbocycles. The second kappa shape index (κ2) is 13.2. The average molecular weight is 445 g/mol. The fraction of sp³-hybridized carbons (Fsp3) is 0.500. The summed E-state index contributed by atoms with van der Waals surface area (Å²) in [6.07, 6.45) is 3.76. The number of nitrogens with one attached hydrogen (secondary N) is 2. The molecule has 31 heavy (non-hydrogen) atoms. The molecule has 0 radical (unpaired) electrons. The predicted octanol–water partition coefficient (Wildman–Crippen LogP) is 2.40. The molecule has 1 heterocycles. The summed E-state index contributed by atoms with van der Waals surface area (Å²) in [6.45, 7) is 5.30. The lowest BCUT2D eigenvalue weighted by Gasteiger charge is -2.22. The van der Waals surface area contributed by atoms with Gasteiger partial charge < -0.3 is 22.1 Å². The van der Waals surface area contributed by atoms with E-state index in [-0.39, 0.29) is 17.7 Å². The molecule has 2 atom stereocenters. The summed E-state index contributed by atoms with van der Waals surface area (Å²) < 4.78 is 0. The minimum atomic E-state index is -0.692. The van der Waals surface area contributed by atoms with Crippen LogP contribution in [0.2, 0.25) is 0 Å². The number of carbonyl (C=O) groups excluding carboxylic acids is 2. The Morgan fingerprint density at radius 3 is 2.32 bits per heavy atom. The molecule has 0 fully saturated rings. The first kappa shape index (κ1) is 25.0. The number of aryl methyl sites for hydroxylation is 1. The maximum atomic E-state index is 12.8. The van der Waals surface area contributed by atoms with Crippen molar-refractivity contribution >= 4 is 23.2 Å². The van der Waals surface area contributed by atoms with Crippen LogP contribution in [0.25, 0.3) is 0 Å². The van der Waals surface area contributed by atoms with Gasteiger partial charge in [0.1, 0.15) is 6.04 Å². The number of hydrogen-bond donors (Lipinski definition) is 4. The number of benzene rings is 1. The molecule has 1 aromatic heterocycles. The molecule has 2 aromatic rings. The fourth-order valence-electron chi connectivity index (χ4n) is 3.34. The SMILES string of the molecule is CC(C)C[C@H](NC(=O)[C@@H](N)Cc1ccccc1)C(=O)NCCc1ccc(CCCN)s1. The van der Waals surface area contributed by atoms with Gasteiger partial charge in [0.15, 0.2) is 0 Å². The van der Waals surface area contributed by atoms with Crippen LogP contribution in [-0.2, 0) is 28.9 Å². The summed E-state index contributed by atoms with van der Waals surface area (Å²) in [7, 11) is 0. The third-order valence-corrected chi connectivity index (χ3v) is 6.20. The normalized spacial score (nSPS) is 13.1. The number of amides is 2. The largest absolute Gasteiger partial charge is 0.354 e. The van der Waals surface area contributed by atoms with Crippen molar-refractivity contribution < 1.29 is 9.59 Å². The van der Waals surface area contributed by atoms with E-state index in [0.717, 1.165) is 24.8 Å². The van der Waals surface area contributed by atoms with Gasteiger partial charge in [-0.2, -0.15) is 0 Å². The van der Waals surface area contributed by atoms with Crippen LogP contribution in [0.3, 0.4) is 0 Å².